The smallest absolute Gasteiger partial charge is 0.298 e. The first-order valence-electron chi connectivity index (χ1n) is 6.50. The van der Waals surface area contributed by atoms with E-state index in [1.807, 2.05) is 55.5 Å². The first kappa shape index (κ1) is 13.1. The van der Waals surface area contributed by atoms with E-state index in [0.717, 1.165) is 22.2 Å². The summed E-state index contributed by atoms with van der Waals surface area (Å²) in [6.07, 6.45) is 1.55. The topological polar surface area (TPSA) is 48.4 Å². The molecule has 0 spiro atoms. The van der Waals surface area contributed by atoms with Gasteiger partial charge in [-0.05, 0) is 37.3 Å². The Hall–Kier alpha value is -2.88. The SMILES string of the molecule is Cc1ncc(OC=O)c2ccc(Oc3ccccc3)cc12. The van der Waals surface area contributed by atoms with Crippen LogP contribution in [-0.4, -0.2) is 11.5 Å². The van der Waals surface area contributed by atoms with Crippen LogP contribution in [0.5, 0.6) is 17.2 Å². The van der Waals surface area contributed by atoms with Crippen LogP contribution < -0.4 is 9.47 Å². The third-order valence-corrected chi connectivity index (χ3v) is 3.18. The monoisotopic (exact) mass is 279 g/mol. The predicted molar refractivity (Wildman–Crippen MR) is 79.7 cm³/mol. The zero-order valence-electron chi connectivity index (χ0n) is 11.4. The summed E-state index contributed by atoms with van der Waals surface area (Å²) in [5.74, 6) is 1.92. The Morgan fingerprint density at radius 1 is 1.00 bits per heavy atom. The Kier molecular flexibility index (Phi) is 3.51. The van der Waals surface area contributed by atoms with Crippen molar-refractivity contribution in [3.63, 3.8) is 0 Å². The number of carbonyl (C=O) groups is 1. The molecular formula is C17H13NO3. The summed E-state index contributed by atoms with van der Waals surface area (Å²) >= 11 is 0. The lowest BCUT2D eigenvalue weighted by Gasteiger charge is -2.09. The molecule has 1 aromatic heterocycles. The lowest BCUT2D eigenvalue weighted by atomic mass is 10.1. The van der Waals surface area contributed by atoms with Crippen molar-refractivity contribution in [1.29, 1.82) is 0 Å². The van der Waals surface area contributed by atoms with Crippen molar-refractivity contribution < 1.29 is 14.3 Å². The van der Waals surface area contributed by atoms with Gasteiger partial charge >= 0.3 is 0 Å². The molecule has 21 heavy (non-hydrogen) atoms. The summed E-state index contributed by atoms with van der Waals surface area (Å²) in [6.45, 7) is 2.31. The number of aromatic nitrogens is 1. The van der Waals surface area contributed by atoms with Crippen molar-refractivity contribution in [2.24, 2.45) is 0 Å². The van der Waals surface area contributed by atoms with Crippen LogP contribution in [0.15, 0.2) is 54.7 Å². The molecule has 104 valence electrons. The van der Waals surface area contributed by atoms with Crippen molar-refractivity contribution in [3.05, 3.63) is 60.4 Å². The fraction of sp³-hybridized carbons (Fsp3) is 0.0588. The minimum absolute atomic E-state index is 0.403. The molecule has 3 rings (SSSR count). The number of pyridine rings is 1. The van der Waals surface area contributed by atoms with Gasteiger partial charge in [0, 0.05) is 16.5 Å². The van der Waals surface area contributed by atoms with Gasteiger partial charge in [-0.1, -0.05) is 18.2 Å². The molecule has 3 aromatic rings. The molecule has 0 radical (unpaired) electrons. The van der Waals surface area contributed by atoms with Gasteiger partial charge in [0.05, 0.1) is 6.20 Å². The van der Waals surface area contributed by atoms with Crippen molar-refractivity contribution in [1.82, 2.24) is 4.98 Å². The Bertz CT molecular complexity index is 785. The average molecular weight is 279 g/mol. The maximum absolute atomic E-state index is 10.5. The van der Waals surface area contributed by atoms with Crippen molar-refractivity contribution in [3.8, 4) is 17.2 Å². The zero-order chi connectivity index (χ0) is 14.7. The summed E-state index contributed by atoms with van der Waals surface area (Å²) in [5, 5.41) is 1.72. The van der Waals surface area contributed by atoms with E-state index in [0.29, 0.717) is 18.0 Å². The predicted octanol–water partition coefficient (Wildman–Crippen LogP) is 3.87. The first-order valence-corrected chi connectivity index (χ1v) is 6.50. The molecule has 0 bridgehead atoms. The van der Waals surface area contributed by atoms with E-state index < -0.39 is 0 Å². The number of benzene rings is 2. The van der Waals surface area contributed by atoms with Crippen LogP contribution in [0.2, 0.25) is 0 Å². The first-order chi connectivity index (χ1) is 10.3. The normalized spacial score (nSPS) is 10.3. The van der Waals surface area contributed by atoms with Gasteiger partial charge in [-0.2, -0.15) is 0 Å². The largest absolute Gasteiger partial charge is 0.457 e. The van der Waals surface area contributed by atoms with Gasteiger partial charge in [-0.3, -0.25) is 9.78 Å². The molecule has 1 heterocycles. The number of rotatable bonds is 4. The number of para-hydroxylation sites is 1. The Morgan fingerprint density at radius 3 is 2.57 bits per heavy atom. The molecule has 4 heteroatoms. The third-order valence-electron chi connectivity index (χ3n) is 3.18. The van der Waals surface area contributed by atoms with Gasteiger partial charge in [0.1, 0.15) is 11.5 Å². The molecule has 0 N–H and O–H groups in total. The van der Waals surface area contributed by atoms with Crippen LogP contribution in [0.4, 0.5) is 0 Å². The van der Waals surface area contributed by atoms with Crippen molar-refractivity contribution in [2.45, 2.75) is 6.92 Å². The van der Waals surface area contributed by atoms with E-state index >= 15 is 0 Å². The molecule has 0 saturated heterocycles. The molecular weight excluding hydrogens is 266 g/mol. The number of hydrogen-bond donors (Lipinski definition) is 0. The highest BCUT2D eigenvalue weighted by Gasteiger charge is 2.08. The highest BCUT2D eigenvalue weighted by atomic mass is 16.5. The van der Waals surface area contributed by atoms with Crippen LogP contribution in [0.1, 0.15) is 5.69 Å². The zero-order valence-corrected chi connectivity index (χ0v) is 11.4. The summed E-state index contributed by atoms with van der Waals surface area (Å²) in [7, 11) is 0. The van der Waals surface area contributed by atoms with Gasteiger partial charge in [-0.25, -0.2) is 0 Å². The summed E-state index contributed by atoms with van der Waals surface area (Å²) in [4.78, 5) is 14.8. The summed E-state index contributed by atoms with van der Waals surface area (Å²) in [6, 6.07) is 15.1. The lowest BCUT2D eigenvalue weighted by molar-refractivity contribution is -0.120. The molecule has 0 aliphatic heterocycles. The average Bonchev–Trinajstić information content (AvgIpc) is 2.52. The Morgan fingerprint density at radius 2 is 1.81 bits per heavy atom. The fourth-order valence-electron chi connectivity index (χ4n) is 2.17. The van der Waals surface area contributed by atoms with E-state index in [4.69, 9.17) is 9.47 Å². The number of ether oxygens (including phenoxy) is 2. The quantitative estimate of drug-likeness (QED) is 0.680. The standard InChI is InChI=1S/C17H13NO3/c1-12-16-9-14(21-13-5-3-2-4-6-13)7-8-15(16)17(10-18-12)20-11-19/h2-11H,1H3. The van der Waals surface area contributed by atoms with Crippen LogP contribution >= 0.6 is 0 Å². The van der Waals surface area contributed by atoms with E-state index in [2.05, 4.69) is 4.98 Å². The van der Waals surface area contributed by atoms with E-state index in [1.54, 1.807) is 6.20 Å². The van der Waals surface area contributed by atoms with Gasteiger partial charge < -0.3 is 9.47 Å². The van der Waals surface area contributed by atoms with Crippen molar-refractivity contribution in [2.75, 3.05) is 0 Å². The number of hydrogen-bond acceptors (Lipinski definition) is 4. The molecule has 0 atom stereocenters. The molecule has 0 amide bonds. The molecule has 4 nitrogen and oxygen atoms in total. The second-order valence-electron chi connectivity index (χ2n) is 4.54. The van der Waals surface area contributed by atoms with Gasteiger partial charge in [0.25, 0.3) is 6.47 Å². The van der Waals surface area contributed by atoms with E-state index in [1.165, 1.54) is 0 Å². The maximum Gasteiger partial charge on any atom is 0.298 e. The minimum Gasteiger partial charge on any atom is -0.457 e. The second kappa shape index (κ2) is 5.63. The Balaban J connectivity index is 2.03. The van der Waals surface area contributed by atoms with Gasteiger partial charge in [0.15, 0.2) is 5.75 Å². The molecule has 0 aliphatic rings. The number of nitrogens with zero attached hydrogens (tertiary/aromatic N) is 1. The Labute approximate surface area is 122 Å². The number of aryl methyl sites for hydroxylation is 1. The number of carbonyl (C=O) groups excluding carboxylic acids is 1. The van der Waals surface area contributed by atoms with Crippen molar-refractivity contribution >= 4 is 17.2 Å². The van der Waals surface area contributed by atoms with Gasteiger partial charge in [-0.15, -0.1) is 0 Å². The fourth-order valence-corrected chi connectivity index (χ4v) is 2.17. The summed E-state index contributed by atoms with van der Waals surface area (Å²) < 4.78 is 10.8. The van der Waals surface area contributed by atoms with Crippen LogP contribution in [-0.2, 0) is 4.79 Å². The number of fused-ring (bicyclic) bond motifs is 1. The molecule has 0 fully saturated rings. The van der Waals surface area contributed by atoms with E-state index in [9.17, 15) is 4.79 Å². The lowest BCUT2D eigenvalue weighted by Crippen LogP contribution is -1.94. The summed E-state index contributed by atoms with van der Waals surface area (Å²) in [5.41, 5.74) is 0.849. The highest BCUT2D eigenvalue weighted by molar-refractivity contribution is 5.91. The van der Waals surface area contributed by atoms with Crippen LogP contribution in [0, 0.1) is 6.92 Å². The van der Waals surface area contributed by atoms with Crippen LogP contribution in [0.3, 0.4) is 0 Å². The third kappa shape index (κ3) is 2.69. The van der Waals surface area contributed by atoms with Crippen LogP contribution in [0.25, 0.3) is 10.8 Å². The highest BCUT2D eigenvalue weighted by Crippen LogP contribution is 2.31. The molecule has 0 saturated carbocycles. The van der Waals surface area contributed by atoms with E-state index in [-0.39, 0.29) is 0 Å². The minimum atomic E-state index is 0.403. The van der Waals surface area contributed by atoms with Gasteiger partial charge in [0.2, 0.25) is 0 Å². The maximum atomic E-state index is 10.5. The molecule has 0 aliphatic carbocycles. The second-order valence-corrected chi connectivity index (χ2v) is 4.54. The molecule has 2 aromatic carbocycles. The molecule has 0 unspecified atom stereocenters.